The largest absolute Gasteiger partial charge is 0.508 e. The fourth-order valence-electron chi connectivity index (χ4n) is 4.09. The molecular weight excluding hydrogens is 386 g/mol. The van der Waals surface area contributed by atoms with Gasteiger partial charge in [0.1, 0.15) is 17.7 Å². The standard InChI is InChI=1S/C23H18ClN3O2/c1-14-21-25-20-5-3-2-4-19(20)23(29)27(21)22(15-6-12-18(28)13-7-15)26(14)17-10-8-16(24)9-11-17/h2-14,22,28H,1H3/t14-,22-/m0/s1. The highest BCUT2D eigenvalue weighted by Crippen LogP contribution is 2.42. The van der Waals surface area contributed by atoms with Crippen LogP contribution in [0.15, 0.2) is 77.6 Å². The van der Waals surface area contributed by atoms with Gasteiger partial charge in [-0.15, -0.1) is 0 Å². The molecule has 4 aromatic rings. The van der Waals surface area contributed by atoms with Crippen LogP contribution >= 0.6 is 11.6 Å². The van der Waals surface area contributed by atoms with E-state index in [2.05, 4.69) is 4.90 Å². The number of benzene rings is 3. The second kappa shape index (κ2) is 6.64. The van der Waals surface area contributed by atoms with Crippen molar-refractivity contribution >= 4 is 28.2 Å². The van der Waals surface area contributed by atoms with E-state index in [-0.39, 0.29) is 23.5 Å². The van der Waals surface area contributed by atoms with Crippen molar-refractivity contribution in [2.45, 2.75) is 19.1 Å². The van der Waals surface area contributed by atoms with Gasteiger partial charge >= 0.3 is 0 Å². The van der Waals surface area contributed by atoms with Crippen LogP contribution in [0.4, 0.5) is 5.69 Å². The molecule has 0 fully saturated rings. The van der Waals surface area contributed by atoms with Crippen LogP contribution in [0, 0.1) is 0 Å². The van der Waals surface area contributed by atoms with Crippen molar-refractivity contribution in [3.05, 3.63) is 99.6 Å². The number of nitrogens with zero attached hydrogens (tertiary/aromatic N) is 3. The summed E-state index contributed by atoms with van der Waals surface area (Å²) in [6, 6.07) is 21.8. The number of phenolic OH excluding ortho intramolecular Hbond substituents is 1. The zero-order chi connectivity index (χ0) is 20.1. The first kappa shape index (κ1) is 17.8. The summed E-state index contributed by atoms with van der Waals surface area (Å²) >= 11 is 6.10. The first-order valence-electron chi connectivity index (χ1n) is 9.38. The second-order valence-corrected chi connectivity index (χ2v) is 7.62. The lowest BCUT2D eigenvalue weighted by Crippen LogP contribution is -2.32. The molecule has 0 unspecified atom stereocenters. The third kappa shape index (κ3) is 2.77. The predicted molar refractivity (Wildman–Crippen MR) is 115 cm³/mol. The first-order chi connectivity index (χ1) is 14.0. The summed E-state index contributed by atoms with van der Waals surface area (Å²) in [5, 5.41) is 11.0. The van der Waals surface area contributed by atoms with Crippen LogP contribution in [0.25, 0.3) is 10.9 Å². The van der Waals surface area contributed by atoms with Gasteiger partial charge in [0.2, 0.25) is 0 Å². The van der Waals surface area contributed by atoms with Crippen molar-refractivity contribution in [2.24, 2.45) is 0 Å². The van der Waals surface area contributed by atoms with E-state index < -0.39 is 0 Å². The van der Waals surface area contributed by atoms with Gasteiger partial charge in [0.15, 0.2) is 0 Å². The third-order valence-corrected chi connectivity index (χ3v) is 5.70. The third-order valence-electron chi connectivity index (χ3n) is 5.45. The first-order valence-corrected chi connectivity index (χ1v) is 9.76. The Morgan fingerprint density at radius 1 is 0.966 bits per heavy atom. The maximum Gasteiger partial charge on any atom is 0.263 e. The quantitative estimate of drug-likeness (QED) is 0.518. The number of para-hydroxylation sites is 1. The maximum absolute atomic E-state index is 13.5. The van der Waals surface area contributed by atoms with Crippen molar-refractivity contribution in [1.82, 2.24) is 9.55 Å². The molecule has 0 spiro atoms. The molecule has 5 rings (SSSR count). The van der Waals surface area contributed by atoms with E-state index in [4.69, 9.17) is 16.6 Å². The Morgan fingerprint density at radius 3 is 2.38 bits per heavy atom. The minimum absolute atomic E-state index is 0.0769. The topological polar surface area (TPSA) is 58.4 Å². The van der Waals surface area contributed by atoms with Gasteiger partial charge in [-0.2, -0.15) is 0 Å². The molecule has 1 aliphatic heterocycles. The van der Waals surface area contributed by atoms with Gasteiger partial charge in [-0.3, -0.25) is 9.36 Å². The van der Waals surface area contributed by atoms with Crippen LogP contribution in [-0.4, -0.2) is 14.7 Å². The fourth-order valence-corrected chi connectivity index (χ4v) is 4.21. The van der Waals surface area contributed by atoms with E-state index >= 15 is 0 Å². The van der Waals surface area contributed by atoms with E-state index in [1.165, 1.54) is 0 Å². The summed E-state index contributed by atoms with van der Waals surface area (Å²) in [5.74, 6) is 0.892. The summed E-state index contributed by atoms with van der Waals surface area (Å²) in [4.78, 5) is 20.5. The molecule has 5 nitrogen and oxygen atoms in total. The van der Waals surface area contributed by atoms with Gasteiger partial charge in [-0.1, -0.05) is 35.9 Å². The second-order valence-electron chi connectivity index (χ2n) is 7.19. The van der Waals surface area contributed by atoms with Crippen molar-refractivity contribution in [1.29, 1.82) is 0 Å². The van der Waals surface area contributed by atoms with E-state index in [0.717, 1.165) is 11.3 Å². The minimum Gasteiger partial charge on any atom is -0.508 e. The SMILES string of the molecule is C[C@H]1c2nc3ccccc3c(=O)n2[C@@H](c2ccc(O)cc2)N1c1ccc(Cl)cc1. The Balaban J connectivity index is 1.80. The average molecular weight is 404 g/mol. The molecule has 0 bridgehead atoms. The number of hydrogen-bond donors (Lipinski definition) is 1. The molecule has 1 aromatic heterocycles. The zero-order valence-corrected chi connectivity index (χ0v) is 16.4. The summed E-state index contributed by atoms with van der Waals surface area (Å²) in [6.07, 6.45) is -0.383. The average Bonchev–Trinajstić information content (AvgIpc) is 3.02. The number of anilines is 1. The number of fused-ring (bicyclic) bond motifs is 2. The molecule has 29 heavy (non-hydrogen) atoms. The lowest BCUT2D eigenvalue weighted by atomic mass is 10.1. The lowest BCUT2D eigenvalue weighted by Gasteiger charge is -2.30. The Hall–Kier alpha value is -3.31. The smallest absolute Gasteiger partial charge is 0.263 e. The van der Waals surface area contributed by atoms with Gasteiger partial charge < -0.3 is 10.0 Å². The Labute approximate surface area is 172 Å². The van der Waals surface area contributed by atoms with Crippen LogP contribution in [0.3, 0.4) is 0 Å². The monoisotopic (exact) mass is 403 g/mol. The van der Waals surface area contributed by atoms with Crippen LogP contribution < -0.4 is 10.5 Å². The zero-order valence-electron chi connectivity index (χ0n) is 15.7. The Kier molecular flexibility index (Phi) is 4.07. The number of halogens is 1. The highest BCUT2D eigenvalue weighted by molar-refractivity contribution is 6.30. The molecule has 0 amide bonds. The lowest BCUT2D eigenvalue weighted by molar-refractivity contribution is 0.474. The van der Waals surface area contributed by atoms with Crippen LogP contribution in [0.1, 0.15) is 30.5 Å². The van der Waals surface area contributed by atoms with Crippen LogP contribution in [0.2, 0.25) is 5.02 Å². The van der Waals surface area contributed by atoms with Crippen LogP contribution in [0.5, 0.6) is 5.75 Å². The molecule has 144 valence electrons. The number of hydrogen-bond acceptors (Lipinski definition) is 4. The van der Waals surface area contributed by atoms with E-state index in [1.54, 1.807) is 22.8 Å². The molecule has 0 saturated carbocycles. The van der Waals surface area contributed by atoms with Crippen molar-refractivity contribution in [3.8, 4) is 5.75 Å². The molecule has 2 heterocycles. The highest BCUT2D eigenvalue weighted by Gasteiger charge is 2.39. The molecule has 6 heteroatoms. The number of rotatable bonds is 2. The van der Waals surface area contributed by atoms with Crippen molar-refractivity contribution in [3.63, 3.8) is 0 Å². The number of aromatic nitrogens is 2. The number of phenols is 1. The van der Waals surface area contributed by atoms with Crippen molar-refractivity contribution in [2.75, 3.05) is 4.90 Å². The molecule has 1 N–H and O–H groups in total. The number of aromatic hydroxyl groups is 1. The normalized spacial score (nSPS) is 18.2. The predicted octanol–water partition coefficient (Wildman–Crippen LogP) is 4.88. The molecule has 0 aliphatic carbocycles. The summed E-state index contributed by atoms with van der Waals surface area (Å²) < 4.78 is 1.76. The van der Waals surface area contributed by atoms with Crippen LogP contribution in [-0.2, 0) is 0 Å². The summed E-state index contributed by atoms with van der Waals surface area (Å²) in [7, 11) is 0. The molecule has 0 saturated heterocycles. The van der Waals surface area contributed by atoms with Gasteiger partial charge in [0, 0.05) is 10.7 Å². The molecular formula is C23H18ClN3O2. The van der Waals surface area contributed by atoms with Gasteiger partial charge in [-0.25, -0.2) is 4.98 Å². The maximum atomic E-state index is 13.5. The highest BCUT2D eigenvalue weighted by atomic mass is 35.5. The van der Waals surface area contributed by atoms with E-state index in [1.807, 2.05) is 61.5 Å². The van der Waals surface area contributed by atoms with Gasteiger partial charge in [-0.05, 0) is 61.0 Å². The van der Waals surface area contributed by atoms with Gasteiger partial charge in [0.25, 0.3) is 5.56 Å². The molecule has 3 aromatic carbocycles. The van der Waals surface area contributed by atoms with Crippen molar-refractivity contribution < 1.29 is 5.11 Å². The summed E-state index contributed by atoms with van der Waals surface area (Å²) in [5.41, 5.74) is 2.45. The van der Waals surface area contributed by atoms with E-state index in [9.17, 15) is 9.90 Å². The fraction of sp³-hybridized carbons (Fsp3) is 0.130. The minimum atomic E-state index is -0.383. The summed E-state index contributed by atoms with van der Waals surface area (Å²) in [6.45, 7) is 2.04. The van der Waals surface area contributed by atoms with E-state index in [0.29, 0.717) is 21.7 Å². The molecule has 2 atom stereocenters. The molecule has 1 aliphatic rings. The Morgan fingerprint density at radius 2 is 1.66 bits per heavy atom. The van der Waals surface area contributed by atoms with Gasteiger partial charge in [0.05, 0.1) is 16.9 Å². The molecule has 0 radical (unpaired) electrons. The Bertz CT molecular complexity index is 1270.